The molecule has 0 aliphatic carbocycles. The predicted molar refractivity (Wildman–Crippen MR) is 81.5 cm³/mol. The number of anilines is 1. The van der Waals surface area contributed by atoms with Gasteiger partial charge in [0.2, 0.25) is 0 Å². The summed E-state index contributed by atoms with van der Waals surface area (Å²) in [6.07, 6.45) is 4.60. The van der Waals surface area contributed by atoms with Crippen LogP contribution in [0.15, 0.2) is 53.7 Å². The summed E-state index contributed by atoms with van der Waals surface area (Å²) in [5, 5.41) is 3.62. The molecule has 0 radical (unpaired) electrons. The molecule has 0 saturated heterocycles. The monoisotopic (exact) mass is 279 g/mol. The number of nitrogens with zero attached hydrogens (tertiary/aromatic N) is 1. The van der Waals surface area contributed by atoms with Crippen molar-refractivity contribution in [2.24, 2.45) is 0 Å². The standard InChI is InChI=1S/C16H13N3O2/c1-10-4-5-13(11-3-2-7-18-15(10)11)19-16(21)12-9-17-8-6-14(12)20/h2-9H,1H3,(H,17,20)(H,19,21). The van der Waals surface area contributed by atoms with Crippen LogP contribution in [0.1, 0.15) is 15.9 Å². The first-order valence-electron chi connectivity index (χ1n) is 6.49. The van der Waals surface area contributed by atoms with Crippen LogP contribution in [0.3, 0.4) is 0 Å². The molecule has 0 aliphatic heterocycles. The molecule has 2 heterocycles. The van der Waals surface area contributed by atoms with Gasteiger partial charge in [0.1, 0.15) is 5.56 Å². The Hall–Kier alpha value is -2.95. The van der Waals surface area contributed by atoms with Crippen LogP contribution >= 0.6 is 0 Å². The van der Waals surface area contributed by atoms with Crippen LogP contribution in [0, 0.1) is 6.92 Å². The molecular formula is C16H13N3O2. The van der Waals surface area contributed by atoms with Crippen LogP contribution < -0.4 is 10.7 Å². The van der Waals surface area contributed by atoms with Gasteiger partial charge in [-0.15, -0.1) is 0 Å². The lowest BCUT2D eigenvalue weighted by atomic mass is 10.1. The molecule has 0 fully saturated rings. The van der Waals surface area contributed by atoms with Crippen molar-refractivity contribution in [1.82, 2.24) is 9.97 Å². The Morgan fingerprint density at radius 3 is 2.90 bits per heavy atom. The van der Waals surface area contributed by atoms with E-state index in [1.165, 1.54) is 18.5 Å². The molecule has 0 bridgehead atoms. The van der Waals surface area contributed by atoms with Crippen molar-refractivity contribution in [3.63, 3.8) is 0 Å². The summed E-state index contributed by atoms with van der Waals surface area (Å²) < 4.78 is 0. The normalized spacial score (nSPS) is 10.5. The number of amides is 1. The van der Waals surface area contributed by atoms with Crippen LogP contribution in [0.25, 0.3) is 10.9 Å². The Balaban J connectivity index is 2.03. The Bertz CT molecular complexity index is 884. The fraction of sp³-hybridized carbons (Fsp3) is 0.0625. The molecule has 0 saturated carbocycles. The van der Waals surface area contributed by atoms with Gasteiger partial charge in [-0.2, -0.15) is 0 Å². The summed E-state index contributed by atoms with van der Waals surface area (Å²) in [5.74, 6) is -0.439. The Kier molecular flexibility index (Phi) is 3.23. The number of H-pyrrole nitrogens is 1. The molecule has 1 amide bonds. The molecule has 21 heavy (non-hydrogen) atoms. The molecule has 3 aromatic rings. The fourth-order valence-electron chi connectivity index (χ4n) is 2.21. The lowest BCUT2D eigenvalue weighted by molar-refractivity contribution is 0.102. The van der Waals surface area contributed by atoms with Crippen LogP contribution in [0.5, 0.6) is 0 Å². The number of pyridine rings is 2. The number of hydrogen-bond acceptors (Lipinski definition) is 3. The van der Waals surface area contributed by atoms with Gasteiger partial charge in [0.05, 0.1) is 11.2 Å². The van der Waals surface area contributed by atoms with Crippen molar-refractivity contribution in [2.45, 2.75) is 6.92 Å². The summed E-state index contributed by atoms with van der Waals surface area (Å²) >= 11 is 0. The van der Waals surface area contributed by atoms with E-state index in [1.807, 2.05) is 31.2 Å². The van der Waals surface area contributed by atoms with E-state index in [0.29, 0.717) is 5.69 Å². The third-order valence-electron chi connectivity index (χ3n) is 3.29. The molecule has 1 aromatic carbocycles. The molecule has 3 rings (SSSR count). The van der Waals surface area contributed by atoms with Crippen molar-refractivity contribution in [2.75, 3.05) is 5.32 Å². The number of rotatable bonds is 2. The van der Waals surface area contributed by atoms with Gasteiger partial charge in [-0.1, -0.05) is 6.07 Å². The summed E-state index contributed by atoms with van der Waals surface area (Å²) in [4.78, 5) is 30.9. The van der Waals surface area contributed by atoms with Gasteiger partial charge in [-0.3, -0.25) is 14.6 Å². The van der Waals surface area contributed by atoms with Gasteiger partial charge < -0.3 is 10.3 Å². The number of carbonyl (C=O) groups is 1. The van der Waals surface area contributed by atoms with Crippen molar-refractivity contribution >= 4 is 22.5 Å². The van der Waals surface area contributed by atoms with Gasteiger partial charge in [-0.25, -0.2) is 0 Å². The second kappa shape index (κ2) is 5.20. The fourth-order valence-corrected chi connectivity index (χ4v) is 2.21. The zero-order chi connectivity index (χ0) is 14.8. The van der Waals surface area contributed by atoms with E-state index in [-0.39, 0.29) is 11.0 Å². The lowest BCUT2D eigenvalue weighted by Crippen LogP contribution is -2.21. The quantitative estimate of drug-likeness (QED) is 0.756. The van der Waals surface area contributed by atoms with E-state index in [9.17, 15) is 9.59 Å². The number of aryl methyl sites for hydroxylation is 1. The molecule has 0 aliphatic rings. The highest BCUT2D eigenvalue weighted by Gasteiger charge is 2.12. The van der Waals surface area contributed by atoms with Crippen LogP contribution in [-0.4, -0.2) is 15.9 Å². The van der Waals surface area contributed by atoms with Crippen LogP contribution in [0.4, 0.5) is 5.69 Å². The second-order valence-corrected chi connectivity index (χ2v) is 4.71. The third-order valence-corrected chi connectivity index (χ3v) is 3.29. The van der Waals surface area contributed by atoms with E-state index in [2.05, 4.69) is 15.3 Å². The van der Waals surface area contributed by atoms with Gasteiger partial charge in [0.15, 0.2) is 5.43 Å². The molecule has 5 nitrogen and oxygen atoms in total. The minimum Gasteiger partial charge on any atom is -0.367 e. The number of fused-ring (bicyclic) bond motifs is 1. The number of hydrogen-bond donors (Lipinski definition) is 2. The van der Waals surface area contributed by atoms with Crippen molar-refractivity contribution in [1.29, 1.82) is 0 Å². The maximum Gasteiger partial charge on any atom is 0.261 e. The highest BCUT2D eigenvalue weighted by atomic mass is 16.2. The molecular weight excluding hydrogens is 266 g/mol. The highest BCUT2D eigenvalue weighted by Crippen LogP contribution is 2.24. The molecule has 2 N–H and O–H groups in total. The van der Waals surface area contributed by atoms with E-state index in [4.69, 9.17) is 0 Å². The number of nitrogens with one attached hydrogen (secondary N) is 2. The lowest BCUT2D eigenvalue weighted by Gasteiger charge is -2.09. The number of aromatic nitrogens is 2. The topological polar surface area (TPSA) is 74.8 Å². The van der Waals surface area contributed by atoms with Gasteiger partial charge in [0.25, 0.3) is 5.91 Å². The van der Waals surface area contributed by atoms with Gasteiger partial charge >= 0.3 is 0 Å². The van der Waals surface area contributed by atoms with E-state index in [0.717, 1.165) is 16.5 Å². The minimum atomic E-state index is -0.439. The summed E-state index contributed by atoms with van der Waals surface area (Å²) in [7, 11) is 0. The first-order valence-corrected chi connectivity index (χ1v) is 6.49. The van der Waals surface area contributed by atoms with Crippen LogP contribution in [-0.2, 0) is 0 Å². The average Bonchev–Trinajstić information content (AvgIpc) is 2.51. The zero-order valence-electron chi connectivity index (χ0n) is 11.4. The third kappa shape index (κ3) is 2.41. The SMILES string of the molecule is Cc1ccc(NC(=O)c2c[nH]ccc2=O)c2cccnc12. The molecule has 0 unspecified atom stereocenters. The number of carbonyl (C=O) groups excluding carboxylic acids is 1. The maximum absolute atomic E-state index is 12.2. The number of benzene rings is 1. The van der Waals surface area contributed by atoms with Gasteiger partial charge in [-0.05, 0) is 30.7 Å². The van der Waals surface area contributed by atoms with E-state index >= 15 is 0 Å². The molecule has 0 spiro atoms. The summed E-state index contributed by atoms with van der Waals surface area (Å²) in [6, 6.07) is 8.73. The van der Waals surface area contributed by atoms with Gasteiger partial charge in [0, 0.05) is 30.0 Å². The summed E-state index contributed by atoms with van der Waals surface area (Å²) in [6.45, 7) is 1.96. The second-order valence-electron chi connectivity index (χ2n) is 4.71. The maximum atomic E-state index is 12.2. The van der Waals surface area contributed by atoms with E-state index in [1.54, 1.807) is 6.20 Å². The Labute approximate surface area is 120 Å². The molecule has 104 valence electrons. The Morgan fingerprint density at radius 1 is 1.24 bits per heavy atom. The van der Waals surface area contributed by atoms with Crippen LogP contribution in [0.2, 0.25) is 0 Å². The van der Waals surface area contributed by atoms with Crippen molar-refractivity contribution in [3.8, 4) is 0 Å². The summed E-state index contributed by atoms with van der Waals surface area (Å²) in [5.41, 5.74) is 2.26. The largest absolute Gasteiger partial charge is 0.367 e. The highest BCUT2D eigenvalue weighted by molar-refractivity contribution is 6.08. The van der Waals surface area contributed by atoms with E-state index < -0.39 is 5.91 Å². The first-order chi connectivity index (χ1) is 10.2. The average molecular weight is 279 g/mol. The first kappa shape index (κ1) is 13.1. The molecule has 5 heteroatoms. The molecule has 2 aromatic heterocycles. The zero-order valence-corrected chi connectivity index (χ0v) is 11.4. The minimum absolute atomic E-state index is 0.0788. The number of aromatic amines is 1. The predicted octanol–water partition coefficient (Wildman–Crippen LogP) is 2.48. The Morgan fingerprint density at radius 2 is 2.10 bits per heavy atom. The van der Waals surface area contributed by atoms with Crippen molar-refractivity contribution in [3.05, 3.63) is 70.3 Å². The molecule has 0 atom stereocenters. The smallest absolute Gasteiger partial charge is 0.261 e. The van der Waals surface area contributed by atoms with Crippen molar-refractivity contribution < 1.29 is 4.79 Å².